The molecule has 0 radical (unpaired) electrons. The van der Waals surface area contributed by atoms with Gasteiger partial charge in [-0.2, -0.15) is 0 Å². The molecule has 0 unspecified atom stereocenters. The van der Waals surface area contributed by atoms with Crippen LogP contribution in [0.15, 0.2) is 47.4 Å². The van der Waals surface area contributed by atoms with Gasteiger partial charge in [0.2, 0.25) is 5.43 Å². The van der Waals surface area contributed by atoms with Crippen LogP contribution in [0.25, 0.3) is 0 Å². The molecule has 2 rings (SSSR count). The second-order valence-corrected chi connectivity index (χ2v) is 3.94. The van der Waals surface area contributed by atoms with Crippen molar-refractivity contribution in [3.63, 3.8) is 0 Å². The highest BCUT2D eigenvalue weighted by Gasteiger charge is 2.03. The highest BCUT2D eigenvalue weighted by Crippen LogP contribution is 2.07. The zero-order valence-corrected chi connectivity index (χ0v) is 10.3. The maximum absolute atomic E-state index is 11.8. The van der Waals surface area contributed by atoms with Gasteiger partial charge < -0.3 is 19.6 Å². The third-order valence-corrected chi connectivity index (χ3v) is 2.52. The standard InChI is InChI=1S/C14H15NO4/c16-10-18-9-12-6-13(17)14(7-15-12)19-8-11-4-2-1-3-5-11/h1-7,16H,8-10H2,(H,15,17). The number of aliphatic hydroxyl groups is 1. The molecule has 0 aliphatic rings. The van der Waals surface area contributed by atoms with E-state index in [4.69, 9.17) is 14.6 Å². The van der Waals surface area contributed by atoms with Crippen molar-refractivity contribution in [2.24, 2.45) is 0 Å². The first-order valence-electron chi connectivity index (χ1n) is 5.86. The molecule has 5 nitrogen and oxygen atoms in total. The Labute approximate surface area is 110 Å². The fourth-order valence-corrected chi connectivity index (χ4v) is 1.59. The Kier molecular flexibility index (Phi) is 4.72. The van der Waals surface area contributed by atoms with Crippen molar-refractivity contribution in [1.82, 2.24) is 4.98 Å². The van der Waals surface area contributed by atoms with Crippen LogP contribution in [0.3, 0.4) is 0 Å². The normalized spacial score (nSPS) is 10.4. The van der Waals surface area contributed by atoms with Crippen molar-refractivity contribution in [1.29, 1.82) is 0 Å². The summed E-state index contributed by atoms with van der Waals surface area (Å²) in [5, 5.41) is 8.52. The molecule has 0 spiro atoms. The Hall–Kier alpha value is -2.11. The summed E-state index contributed by atoms with van der Waals surface area (Å²) in [5.74, 6) is 0.261. The Balaban J connectivity index is 1.99. The number of hydrogen-bond donors (Lipinski definition) is 2. The fraction of sp³-hybridized carbons (Fsp3) is 0.214. The van der Waals surface area contributed by atoms with E-state index in [2.05, 4.69) is 4.98 Å². The van der Waals surface area contributed by atoms with Gasteiger partial charge >= 0.3 is 0 Å². The highest BCUT2D eigenvalue weighted by atomic mass is 16.6. The van der Waals surface area contributed by atoms with E-state index < -0.39 is 0 Å². The first-order valence-corrected chi connectivity index (χ1v) is 5.86. The van der Waals surface area contributed by atoms with Gasteiger partial charge in [0.25, 0.3) is 0 Å². The number of aromatic nitrogens is 1. The number of pyridine rings is 1. The second kappa shape index (κ2) is 6.72. The number of aromatic amines is 1. The molecule has 0 saturated heterocycles. The van der Waals surface area contributed by atoms with Crippen molar-refractivity contribution in [2.45, 2.75) is 13.2 Å². The smallest absolute Gasteiger partial charge is 0.223 e. The second-order valence-electron chi connectivity index (χ2n) is 3.94. The van der Waals surface area contributed by atoms with Gasteiger partial charge in [-0.15, -0.1) is 0 Å². The molecule has 0 atom stereocenters. The minimum absolute atomic E-state index is 0.157. The minimum atomic E-state index is -0.381. The molecular weight excluding hydrogens is 246 g/mol. The van der Waals surface area contributed by atoms with Gasteiger partial charge in [0, 0.05) is 18.0 Å². The summed E-state index contributed by atoms with van der Waals surface area (Å²) < 4.78 is 10.2. The third-order valence-electron chi connectivity index (χ3n) is 2.52. The van der Waals surface area contributed by atoms with E-state index in [0.29, 0.717) is 12.3 Å². The quantitative estimate of drug-likeness (QED) is 0.771. The van der Waals surface area contributed by atoms with Crippen LogP contribution in [0.5, 0.6) is 5.75 Å². The van der Waals surface area contributed by atoms with E-state index in [0.717, 1.165) is 5.56 Å². The zero-order valence-electron chi connectivity index (χ0n) is 10.3. The lowest BCUT2D eigenvalue weighted by molar-refractivity contribution is -0.0125. The SMILES string of the molecule is O=c1cc(COCO)[nH]cc1OCc1ccccc1. The molecule has 0 saturated carbocycles. The molecule has 2 aromatic rings. The Bertz CT molecular complexity index is 565. The predicted molar refractivity (Wildman–Crippen MR) is 69.7 cm³/mol. The van der Waals surface area contributed by atoms with Crippen LogP contribution in [0.2, 0.25) is 0 Å². The molecule has 1 heterocycles. The van der Waals surface area contributed by atoms with Gasteiger partial charge in [0.15, 0.2) is 5.75 Å². The largest absolute Gasteiger partial charge is 0.483 e. The summed E-state index contributed by atoms with van der Waals surface area (Å²) in [5.41, 5.74) is 1.37. The lowest BCUT2D eigenvalue weighted by Crippen LogP contribution is -2.10. The molecule has 19 heavy (non-hydrogen) atoms. The van der Waals surface area contributed by atoms with E-state index in [1.807, 2.05) is 30.3 Å². The average Bonchev–Trinajstić information content (AvgIpc) is 2.45. The molecular formula is C14H15NO4. The van der Waals surface area contributed by atoms with Gasteiger partial charge in [-0.25, -0.2) is 0 Å². The summed E-state index contributed by atoms with van der Waals surface area (Å²) in [6.45, 7) is 0.120. The van der Waals surface area contributed by atoms with Gasteiger partial charge in [0.05, 0.1) is 6.61 Å². The maximum Gasteiger partial charge on any atom is 0.223 e. The van der Waals surface area contributed by atoms with E-state index in [1.54, 1.807) is 0 Å². The summed E-state index contributed by atoms with van der Waals surface area (Å²) in [6, 6.07) is 11.0. The number of hydrogen-bond acceptors (Lipinski definition) is 4. The Morgan fingerprint density at radius 3 is 2.63 bits per heavy atom. The molecule has 2 N–H and O–H groups in total. The first kappa shape index (κ1) is 13.3. The number of ether oxygens (including phenoxy) is 2. The number of aliphatic hydroxyl groups excluding tert-OH is 1. The summed E-state index contributed by atoms with van der Waals surface area (Å²) in [6.07, 6.45) is 1.50. The molecule has 100 valence electrons. The van der Waals surface area contributed by atoms with Gasteiger partial charge in [-0.05, 0) is 5.56 Å². The number of nitrogens with one attached hydrogen (secondary N) is 1. The third kappa shape index (κ3) is 3.94. The van der Waals surface area contributed by atoms with Crippen LogP contribution in [-0.4, -0.2) is 16.9 Å². The Morgan fingerprint density at radius 1 is 1.16 bits per heavy atom. The lowest BCUT2D eigenvalue weighted by Gasteiger charge is -2.06. The van der Waals surface area contributed by atoms with E-state index in [-0.39, 0.29) is 24.6 Å². The van der Waals surface area contributed by atoms with Crippen LogP contribution in [0.1, 0.15) is 11.3 Å². The molecule has 1 aromatic carbocycles. The van der Waals surface area contributed by atoms with Crippen LogP contribution in [-0.2, 0) is 18.0 Å². The maximum atomic E-state index is 11.8. The zero-order chi connectivity index (χ0) is 13.5. The predicted octanol–water partition coefficient (Wildman–Crippen LogP) is 1.42. The number of H-pyrrole nitrogens is 1. The van der Waals surface area contributed by atoms with Crippen molar-refractivity contribution >= 4 is 0 Å². The van der Waals surface area contributed by atoms with Crippen LogP contribution >= 0.6 is 0 Å². The first-order chi connectivity index (χ1) is 9.29. The monoisotopic (exact) mass is 261 g/mol. The molecule has 0 bridgehead atoms. The van der Waals surface area contributed by atoms with Gasteiger partial charge in [-0.3, -0.25) is 4.79 Å². The lowest BCUT2D eigenvalue weighted by atomic mass is 10.2. The molecule has 0 aliphatic carbocycles. The molecule has 5 heteroatoms. The average molecular weight is 261 g/mol. The Morgan fingerprint density at radius 2 is 1.95 bits per heavy atom. The van der Waals surface area contributed by atoms with Crippen molar-refractivity contribution in [2.75, 3.05) is 6.79 Å². The fourth-order valence-electron chi connectivity index (χ4n) is 1.59. The van der Waals surface area contributed by atoms with E-state index in [9.17, 15) is 4.79 Å². The van der Waals surface area contributed by atoms with Gasteiger partial charge in [-0.1, -0.05) is 30.3 Å². The molecule has 1 aromatic heterocycles. The summed E-state index contributed by atoms with van der Waals surface area (Å²) >= 11 is 0. The van der Waals surface area contributed by atoms with E-state index in [1.165, 1.54) is 12.3 Å². The minimum Gasteiger partial charge on any atom is -0.483 e. The molecule has 0 amide bonds. The van der Waals surface area contributed by atoms with Crippen molar-refractivity contribution in [3.05, 3.63) is 64.1 Å². The molecule has 0 aliphatic heterocycles. The molecule has 0 fully saturated rings. The van der Waals surface area contributed by atoms with Crippen LogP contribution in [0, 0.1) is 0 Å². The van der Waals surface area contributed by atoms with Crippen molar-refractivity contribution < 1.29 is 14.6 Å². The van der Waals surface area contributed by atoms with Crippen molar-refractivity contribution in [3.8, 4) is 5.75 Å². The number of rotatable bonds is 6. The van der Waals surface area contributed by atoms with Gasteiger partial charge in [0.1, 0.15) is 13.4 Å². The summed E-state index contributed by atoms with van der Waals surface area (Å²) in [7, 11) is 0. The van der Waals surface area contributed by atoms with Crippen LogP contribution < -0.4 is 10.2 Å². The van der Waals surface area contributed by atoms with Crippen LogP contribution in [0.4, 0.5) is 0 Å². The topological polar surface area (TPSA) is 71.5 Å². The van der Waals surface area contributed by atoms with E-state index >= 15 is 0 Å². The highest BCUT2D eigenvalue weighted by molar-refractivity contribution is 5.21. The summed E-state index contributed by atoms with van der Waals surface area (Å²) in [4.78, 5) is 14.6. The number of benzene rings is 1.